The smallest absolute Gasteiger partial charge is 0.351 e. The van der Waals surface area contributed by atoms with E-state index in [-0.39, 0.29) is 11.0 Å². The van der Waals surface area contributed by atoms with Crippen molar-refractivity contribution in [1.29, 1.82) is 0 Å². The van der Waals surface area contributed by atoms with Crippen LogP contribution in [0.1, 0.15) is 71.8 Å². The summed E-state index contributed by atoms with van der Waals surface area (Å²) in [5.74, 6) is -0.316. The lowest BCUT2D eigenvalue weighted by Gasteiger charge is -2.43. The van der Waals surface area contributed by atoms with Gasteiger partial charge in [0, 0.05) is 17.9 Å². The summed E-state index contributed by atoms with van der Waals surface area (Å²) >= 11 is 0. The molecular formula is C26H30O8. The van der Waals surface area contributed by atoms with Crippen LogP contribution >= 0.6 is 0 Å². The molecule has 1 saturated heterocycles. The minimum absolute atomic E-state index is 0.214. The molecule has 0 spiro atoms. The molecule has 4 atom stereocenters. The van der Waals surface area contributed by atoms with Crippen LogP contribution < -0.4 is 10.2 Å². The van der Waals surface area contributed by atoms with E-state index in [0.29, 0.717) is 41.7 Å². The van der Waals surface area contributed by atoms with Gasteiger partial charge >= 0.3 is 11.9 Å². The summed E-state index contributed by atoms with van der Waals surface area (Å²) in [4.78, 5) is 39.1. The Morgan fingerprint density at radius 3 is 2.41 bits per heavy atom. The lowest BCUT2D eigenvalue weighted by molar-refractivity contribution is -0.199. The number of esters is 2. The highest BCUT2D eigenvalue weighted by atomic mass is 16.6. The van der Waals surface area contributed by atoms with Crippen LogP contribution in [0.3, 0.4) is 0 Å². The number of hydrogen-bond donors (Lipinski definition) is 1. The predicted octanol–water partition coefficient (Wildman–Crippen LogP) is 3.59. The van der Waals surface area contributed by atoms with Crippen molar-refractivity contribution in [2.75, 3.05) is 0 Å². The third-order valence-electron chi connectivity index (χ3n) is 8.60. The van der Waals surface area contributed by atoms with Crippen molar-refractivity contribution < 1.29 is 33.3 Å². The van der Waals surface area contributed by atoms with E-state index in [1.54, 1.807) is 26.0 Å². The van der Waals surface area contributed by atoms with E-state index >= 15 is 0 Å². The maximum Gasteiger partial charge on any atom is 0.351 e. The Labute approximate surface area is 197 Å². The van der Waals surface area contributed by atoms with E-state index in [4.69, 9.17) is 18.6 Å². The van der Waals surface area contributed by atoms with Crippen molar-refractivity contribution in [1.82, 2.24) is 0 Å². The van der Waals surface area contributed by atoms with Crippen molar-refractivity contribution >= 4 is 22.9 Å². The molecule has 8 nitrogen and oxygen atoms in total. The highest BCUT2D eigenvalue weighted by Gasteiger charge is 2.76. The van der Waals surface area contributed by atoms with Gasteiger partial charge in [-0.1, -0.05) is 20.8 Å². The molecular weight excluding hydrogens is 440 g/mol. The van der Waals surface area contributed by atoms with Crippen molar-refractivity contribution in [2.24, 2.45) is 10.8 Å². The van der Waals surface area contributed by atoms with Crippen molar-refractivity contribution in [3.05, 3.63) is 39.7 Å². The molecule has 2 bridgehead atoms. The second kappa shape index (κ2) is 6.84. The standard InChI is InChI=1S/C26H30O8/c1-7-13-12-15(27)14-8-9-16-17(18(14)31-13)19(20(28)23(2,3)33-16)32-22(30)26-11-10-25(6,21(29)34-26)24(26,4)5/h8-9,12,19-20,28H,7,10-11H2,1-6H3/t19-,20-,25+,26-/m1/s1. The number of fused-ring (bicyclic) bond motifs is 5. The minimum atomic E-state index is -1.46. The molecule has 1 aromatic carbocycles. The Morgan fingerprint density at radius 2 is 1.82 bits per heavy atom. The van der Waals surface area contributed by atoms with Gasteiger partial charge in [-0.15, -0.1) is 0 Å². The first-order valence-electron chi connectivity index (χ1n) is 11.7. The quantitative estimate of drug-likeness (QED) is 0.678. The summed E-state index contributed by atoms with van der Waals surface area (Å²) in [5.41, 5.74) is -3.88. The molecule has 2 aliphatic heterocycles. The van der Waals surface area contributed by atoms with Gasteiger partial charge in [0.2, 0.25) is 5.60 Å². The predicted molar refractivity (Wildman–Crippen MR) is 121 cm³/mol. The zero-order valence-electron chi connectivity index (χ0n) is 20.3. The fraction of sp³-hybridized carbons (Fsp3) is 0.577. The van der Waals surface area contributed by atoms with Gasteiger partial charge < -0.3 is 23.7 Å². The summed E-state index contributed by atoms with van der Waals surface area (Å²) < 4.78 is 23.7. The fourth-order valence-corrected chi connectivity index (χ4v) is 5.70. The molecule has 8 heteroatoms. The van der Waals surface area contributed by atoms with Crippen LogP contribution in [-0.4, -0.2) is 34.4 Å². The molecule has 5 rings (SSSR count). The lowest BCUT2D eigenvalue weighted by Crippen LogP contribution is -2.53. The van der Waals surface area contributed by atoms with Gasteiger partial charge in [-0.05, 0) is 45.7 Å². The molecule has 182 valence electrons. The van der Waals surface area contributed by atoms with Gasteiger partial charge in [0.25, 0.3) is 0 Å². The molecule has 1 saturated carbocycles. The van der Waals surface area contributed by atoms with E-state index in [9.17, 15) is 19.5 Å². The number of benzene rings is 1. The summed E-state index contributed by atoms with van der Waals surface area (Å²) in [6.07, 6.45) is -1.14. The molecule has 2 fully saturated rings. The van der Waals surface area contributed by atoms with E-state index in [1.807, 2.05) is 27.7 Å². The van der Waals surface area contributed by atoms with Crippen molar-refractivity contribution in [2.45, 2.75) is 84.2 Å². The fourth-order valence-electron chi connectivity index (χ4n) is 5.70. The number of ether oxygens (including phenoxy) is 3. The highest BCUT2D eigenvalue weighted by Crippen LogP contribution is 2.66. The third kappa shape index (κ3) is 2.66. The van der Waals surface area contributed by atoms with Gasteiger partial charge in [0.05, 0.1) is 16.4 Å². The van der Waals surface area contributed by atoms with Crippen molar-refractivity contribution in [3.63, 3.8) is 0 Å². The highest BCUT2D eigenvalue weighted by molar-refractivity contribution is 5.94. The molecule has 0 radical (unpaired) electrons. The second-order valence-electron chi connectivity index (χ2n) is 10.9. The molecule has 3 heterocycles. The maximum atomic E-state index is 13.7. The van der Waals surface area contributed by atoms with E-state index in [0.717, 1.165) is 0 Å². The Hall–Kier alpha value is -2.87. The van der Waals surface area contributed by atoms with E-state index in [2.05, 4.69) is 0 Å². The number of aliphatic hydroxyl groups is 1. The van der Waals surface area contributed by atoms with E-state index < -0.39 is 46.2 Å². The summed E-state index contributed by atoms with van der Waals surface area (Å²) in [6, 6.07) is 4.66. The lowest BCUT2D eigenvalue weighted by atomic mass is 9.66. The monoisotopic (exact) mass is 470 g/mol. The zero-order valence-corrected chi connectivity index (χ0v) is 20.3. The van der Waals surface area contributed by atoms with Gasteiger partial charge in [0.15, 0.2) is 11.5 Å². The molecule has 34 heavy (non-hydrogen) atoms. The number of hydrogen-bond acceptors (Lipinski definition) is 8. The van der Waals surface area contributed by atoms with E-state index in [1.165, 1.54) is 6.07 Å². The van der Waals surface area contributed by atoms with Crippen LogP contribution in [0.4, 0.5) is 0 Å². The molecule has 1 N–H and O–H groups in total. The Kier molecular flexibility index (Phi) is 4.61. The molecule has 0 amide bonds. The number of carbonyl (C=O) groups excluding carboxylic acids is 2. The normalized spacial score (nSPS) is 32.7. The summed E-state index contributed by atoms with van der Waals surface area (Å²) in [6.45, 7) is 10.7. The van der Waals surface area contributed by atoms with Crippen LogP contribution in [-0.2, 0) is 25.5 Å². The minimum Gasteiger partial charge on any atom is -0.484 e. The van der Waals surface area contributed by atoms with Crippen LogP contribution in [0.15, 0.2) is 27.4 Å². The largest absolute Gasteiger partial charge is 0.484 e. The first kappa shape index (κ1) is 22.9. The Morgan fingerprint density at radius 1 is 1.12 bits per heavy atom. The zero-order chi connectivity index (χ0) is 24.8. The van der Waals surface area contributed by atoms with Crippen LogP contribution in [0, 0.1) is 10.8 Å². The van der Waals surface area contributed by atoms with Gasteiger partial charge in [-0.2, -0.15) is 0 Å². The second-order valence-corrected chi connectivity index (χ2v) is 10.9. The Bertz CT molecular complexity index is 1290. The van der Waals surface area contributed by atoms with Crippen LogP contribution in [0.25, 0.3) is 11.0 Å². The SMILES string of the molecule is CCc1cc(=O)c2ccc3c(c2o1)[C@@H](OC(=O)[C@@]12CC[C@@](C)(C(=O)O1)C2(C)C)[C@@H](O)C(C)(C)O3. The number of aryl methyl sites for hydroxylation is 1. The first-order valence-corrected chi connectivity index (χ1v) is 11.7. The van der Waals surface area contributed by atoms with Gasteiger partial charge in [-0.25, -0.2) is 4.79 Å². The molecule has 2 aromatic rings. The maximum absolute atomic E-state index is 13.7. The summed E-state index contributed by atoms with van der Waals surface area (Å²) in [7, 11) is 0. The summed E-state index contributed by atoms with van der Waals surface area (Å²) in [5, 5.41) is 11.6. The Balaban J connectivity index is 1.65. The topological polar surface area (TPSA) is 112 Å². The van der Waals surface area contributed by atoms with Crippen molar-refractivity contribution in [3.8, 4) is 5.75 Å². The number of rotatable bonds is 3. The number of aliphatic hydroxyl groups excluding tert-OH is 1. The molecule has 3 aliphatic rings. The average molecular weight is 471 g/mol. The van der Waals surface area contributed by atoms with Crippen LogP contribution in [0.5, 0.6) is 5.75 Å². The third-order valence-corrected chi connectivity index (χ3v) is 8.60. The molecule has 1 aliphatic carbocycles. The number of carbonyl (C=O) groups is 2. The first-order chi connectivity index (χ1) is 15.8. The molecule has 0 unspecified atom stereocenters. The average Bonchev–Trinajstić information content (AvgIpc) is 3.06. The molecule has 1 aromatic heterocycles. The van der Waals surface area contributed by atoms with Crippen LogP contribution in [0.2, 0.25) is 0 Å². The van der Waals surface area contributed by atoms with Gasteiger partial charge in [0.1, 0.15) is 28.8 Å². The van der Waals surface area contributed by atoms with Gasteiger partial charge in [-0.3, -0.25) is 9.59 Å².